The van der Waals surface area contributed by atoms with Crippen molar-refractivity contribution in [2.24, 2.45) is 0 Å². The molecular formula is C40H43N7O4. The van der Waals surface area contributed by atoms with Crippen LogP contribution in [0, 0.1) is 13.8 Å². The molecule has 5 heterocycles. The Kier molecular flexibility index (Phi) is 9.92. The van der Waals surface area contributed by atoms with Gasteiger partial charge in [-0.15, -0.1) is 0 Å². The molecule has 0 aliphatic carbocycles. The maximum Gasteiger partial charge on any atom is 0.262 e. The Morgan fingerprint density at radius 3 is 2.02 bits per heavy atom. The van der Waals surface area contributed by atoms with E-state index in [0.717, 1.165) is 63.0 Å². The topological polar surface area (TPSA) is 139 Å². The van der Waals surface area contributed by atoms with Gasteiger partial charge in [-0.05, 0) is 78.3 Å². The number of hydrogen-bond donors (Lipinski definition) is 4. The second-order valence-electron chi connectivity index (χ2n) is 13.4. The Morgan fingerprint density at radius 2 is 1.39 bits per heavy atom. The van der Waals surface area contributed by atoms with E-state index in [9.17, 15) is 14.4 Å². The predicted molar refractivity (Wildman–Crippen MR) is 197 cm³/mol. The van der Waals surface area contributed by atoms with E-state index >= 15 is 0 Å². The van der Waals surface area contributed by atoms with Gasteiger partial charge in [-0.1, -0.05) is 42.5 Å². The molecular weight excluding hydrogens is 642 g/mol. The first-order valence-corrected chi connectivity index (χ1v) is 17.5. The van der Waals surface area contributed by atoms with Gasteiger partial charge in [0.2, 0.25) is 17.7 Å². The molecule has 2 aliphatic heterocycles. The maximum atomic E-state index is 13.3. The van der Waals surface area contributed by atoms with Gasteiger partial charge in [-0.25, -0.2) is 9.97 Å². The number of pyridine rings is 2. The lowest BCUT2D eigenvalue weighted by atomic mass is 9.89. The maximum absolute atomic E-state index is 13.3. The van der Waals surface area contributed by atoms with E-state index in [-0.39, 0.29) is 29.5 Å². The first-order valence-electron chi connectivity index (χ1n) is 17.5. The lowest BCUT2D eigenvalue weighted by molar-refractivity contribution is -0.120. The molecule has 11 nitrogen and oxygen atoms in total. The summed E-state index contributed by atoms with van der Waals surface area (Å²) in [5, 5.41) is 12.6. The zero-order valence-electron chi connectivity index (χ0n) is 29.2. The Labute approximate surface area is 296 Å². The second kappa shape index (κ2) is 14.8. The number of aromatic nitrogens is 3. The van der Waals surface area contributed by atoms with Crippen LogP contribution in [0.25, 0.3) is 39.2 Å². The Balaban J connectivity index is 1.10. The summed E-state index contributed by atoms with van der Waals surface area (Å²) in [6.45, 7) is 6.54. The summed E-state index contributed by atoms with van der Waals surface area (Å²) in [6, 6.07) is 20.9. The molecule has 7 rings (SSSR count). The Bertz CT molecular complexity index is 2180. The summed E-state index contributed by atoms with van der Waals surface area (Å²) < 4.78 is 7.29. The van der Waals surface area contributed by atoms with Gasteiger partial charge in [0, 0.05) is 80.2 Å². The van der Waals surface area contributed by atoms with E-state index in [0.29, 0.717) is 56.1 Å². The summed E-state index contributed by atoms with van der Waals surface area (Å²) in [5.74, 6) is 0.763. The molecule has 0 bridgehead atoms. The van der Waals surface area contributed by atoms with Crippen LogP contribution >= 0.6 is 0 Å². The van der Waals surface area contributed by atoms with Crippen molar-refractivity contribution >= 4 is 17.5 Å². The summed E-state index contributed by atoms with van der Waals surface area (Å²) in [5.41, 5.74) is 10.4. The molecule has 262 valence electrons. The smallest absolute Gasteiger partial charge is 0.262 e. The zero-order valence-corrected chi connectivity index (χ0v) is 29.2. The SMILES string of the molecule is COc1nc(-c2cccc(-c3cccc(-c4ccn5c(=O)c(CNC[C@H]6CCC(=O)N6)cnc5c4)c3C)c2C)ccc1CNC[C@H]1CCC(=O)N1. The van der Waals surface area contributed by atoms with Crippen molar-refractivity contribution in [1.29, 1.82) is 0 Å². The number of fused-ring (bicyclic) bond motifs is 1. The number of nitrogens with zero attached hydrogens (tertiary/aromatic N) is 3. The van der Waals surface area contributed by atoms with E-state index < -0.39 is 0 Å². The predicted octanol–water partition coefficient (Wildman–Crippen LogP) is 4.45. The van der Waals surface area contributed by atoms with Gasteiger partial charge in [0.05, 0.1) is 12.8 Å². The van der Waals surface area contributed by atoms with Crippen LogP contribution in [0.5, 0.6) is 5.88 Å². The molecule has 2 atom stereocenters. The molecule has 2 aliphatic rings. The third-order valence-corrected chi connectivity index (χ3v) is 10.0. The van der Waals surface area contributed by atoms with E-state index in [1.165, 1.54) is 0 Å². The van der Waals surface area contributed by atoms with Crippen molar-refractivity contribution in [3.05, 3.63) is 106 Å². The standard InChI is InChI=1S/C40H43N7O4/c1-24-31(26-16-17-47-36(18-26)43-21-28(40(47)50)20-42-23-30-12-15-38(49)45-30)6-4-7-32(24)33-8-5-9-34(25(33)2)35-13-10-27(39(46-35)51-3)19-41-22-29-11-14-37(48)44-29/h4-10,13,16-18,21,29-30,41-42H,11-12,14-15,19-20,22-23H2,1-3H3,(H,44,48)(H,45,49)/t29-,30-/m1/s1. The Hall–Kier alpha value is -5.39. The molecule has 2 saturated heterocycles. The van der Waals surface area contributed by atoms with Crippen molar-refractivity contribution in [2.75, 3.05) is 20.2 Å². The van der Waals surface area contributed by atoms with Crippen LogP contribution in [0.2, 0.25) is 0 Å². The Morgan fingerprint density at radius 1 is 0.784 bits per heavy atom. The molecule has 0 unspecified atom stereocenters. The van der Waals surface area contributed by atoms with Gasteiger partial charge < -0.3 is 26.0 Å². The van der Waals surface area contributed by atoms with Crippen LogP contribution in [0.4, 0.5) is 0 Å². The summed E-state index contributed by atoms with van der Waals surface area (Å²) in [7, 11) is 1.64. The molecule has 51 heavy (non-hydrogen) atoms. The highest BCUT2D eigenvalue weighted by Crippen LogP contribution is 2.37. The van der Waals surface area contributed by atoms with Gasteiger partial charge in [-0.3, -0.25) is 18.8 Å². The largest absolute Gasteiger partial charge is 0.481 e. The van der Waals surface area contributed by atoms with E-state index in [1.807, 2.05) is 18.2 Å². The van der Waals surface area contributed by atoms with Crippen LogP contribution < -0.4 is 31.6 Å². The van der Waals surface area contributed by atoms with Crippen molar-refractivity contribution in [3.63, 3.8) is 0 Å². The van der Waals surface area contributed by atoms with E-state index in [4.69, 9.17) is 9.72 Å². The minimum absolute atomic E-state index is 0.0766. The molecule has 0 saturated carbocycles. The molecule has 0 radical (unpaired) electrons. The fourth-order valence-corrected chi connectivity index (χ4v) is 7.20. The number of amides is 2. The van der Waals surface area contributed by atoms with Gasteiger partial charge in [0.1, 0.15) is 5.65 Å². The lowest BCUT2D eigenvalue weighted by Crippen LogP contribution is -2.36. The number of benzene rings is 2. The number of hydrogen-bond acceptors (Lipinski definition) is 8. The number of carbonyl (C=O) groups excluding carboxylic acids is 2. The van der Waals surface area contributed by atoms with Crippen molar-refractivity contribution < 1.29 is 14.3 Å². The van der Waals surface area contributed by atoms with Crippen LogP contribution in [0.3, 0.4) is 0 Å². The number of ether oxygens (including phenoxy) is 1. The second-order valence-corrected chi connectivity index (χ2v) is 13.4. The van der Waals surface area contributed by atoms with Crippen molar-refractivity contribution in [2.45, 2.75) is 64.7 Å². The first-order chi connectivity index (χ1) is 24.8. The van der Waals surface area contributed by atoms with Crippen molar-refractivity contribution in [3.8, 4) is 39.4 Å². The minimum Gasteiger partial charge on any atom is -0.481 e. The van der Waals surface area contributed by atoms with Gasteiger partial charge in [0.15, 0.2) is 0 Å². The zero-order chi connectivity index (χ0) is 35.5. The van der Waals surface area contributed by atoms with Gasteiger partial charge >= 0.3 is 0 Å². The fraction of sp³-hybridized carbons (Fsp3) is 0.325. The fourth-order valence-electron chi connectivity index (χ4n) is 7.20. The first kappa shape index (κ1) is 34.1. The minimum atomic E-state index is -0.110. The van der Waals surface area contributed by atoms with E-state index in [1.54, 1.807) is 23.9 Å². The molecule has 0 spiro atoms. The van der Waals surface area contributed by atoms with Crippen LogP contribution in [-0.2, 0) is 22.7 Å². The number of carbonyl (C=O) groups is 2. The van der Waals surface area contributed by atoms with Crippen molar-refractivity contribution in [1.82, 2.24) is 35.6 Å². The lowest BCUT2D eigenvalue weighted by Gasteiger charge is -2.17. The molecule has 2 fully saturated rings. The highest BCUT2D eigenvalue weighted by atomic mass is 16.5. The highest BCUT2D eigenvalue weighted by molar-refractivity contribution is 5.84. The normalized spacial score (nSPS) is 17.2. The molecule has 3 aromatic heterocycles. The van der Waals surface area contributed by atoms with Crippen LogP contribution in [0.1, 0.15) is 47.9 Å². The number of rotatable bonds is 12. The highest BCUT2D eigenvalue weighted by Gasteiger charge is 2.22. The molecule has 2 amide bonds. The monoisotopic (exact) mass is 685 g/mol. The molecule has 5 aromatic rings. The summed E-state index contributed by atoms with van der Waals surface area (Å²) >= 11 is 0. The number of nitrogens with one attached hydrogen (secondary N) is 4. The average Bonchev–Trinajstić information content (AvgIpc) is 3.76. The molecule has 11 heteroatoms. The molecule has 4 N–H and O–H groups in total. The van der Waals surface area contributed by atoms with E-state index in [2.05, 4.69) is 82.6 Å². The third kappa shape index (κ3) is 7.26. The quantitative estimate of drug-likeness (QED) is 0.151. The molecule has 2 aromatic carbocycles. The van der Waals surface area contributed by atoms with Crippen LogP contribution in [0.15, 0.2) is 77.9 Å². The average molecular weight is 686 g/mol. The van der Waals surface area contributed by atoms with Gasteiger partial charge in [0.25, 0.3) is 5.56 Å². The van der Waals surface area contributed by atoms with Gasteiger partial charge in [-0.2, -0.15) is 0 Å². The van der Waals surface area contributed by atoms with Crippen LogP contribution in [-0.4, -0.2) is 58.5 Å². The summed E-state index contributed by atoms with van der Waals surface area (Å²) in [4.78, 5) is 45.8. The summed E-state index contributed by atoms with van der Waals surface area (Å²) in [6.07, 6.45) is 6.23. The number of methoxy groups -OCH3 is 1. The third-order valence-electron chi connectivity index (χ3n) is 10.0.